The fraction of sp³-hybridized carbons (Fsp3) is 0.900. The molecule has 0 aromatic rings. The lowest BCUT2D eigenvalue weighted by molar-refractivity contribution is -0.179. The summed E-state index contributed by atoms with van der Waals surface area (Å²) in [7, 11) is 0. The van der Waals surface area contributed by atoms with Crippen molar-refractivity contribution in [1.82, 2.24) is 0 Å². The molecule has 0 saturated carbocycles. The molecule has 0 fully saturated rings. The van der Waals surface area contributed by atoms with Crippen LogP contribution in [0, 0.1) is 5.41 Å². The van der Waals surface area contributed by atoms with E-state index in [1.165, 1.54) is 0 Å². The smallest absolute Gasteiger partial charge is 0.411 e. The molecule has 3 nitrogen and oxygen atoms in total. The van der Waals surface area contributed by atoms with Gasteiger partial charge in [0.15, 0.2) is 0 Å². The largest absolute Gasteiger partial charge is 0.463 e. The molecule has 0 radical (unpaired) electrons. The average molecular weight is 242 g/mol. The molecule has 0 saturated heterocycles. The van der Waals surface area contributed by atoms with Crippen molar-refractivity contribution in [2.24, 2.45) is 5.41 Å². The summed E-state index contributed by atoms with van der Waals surface area (Å²) in [6, 6.07) is 0. The minimum atomic E-state index is -4.34. The lowest BCUT2D eigenvalue weighted by Gasteiger charge is -2.20. The zero-order chi connectivity index (χ0) is 12.8. The van der Waals surface area contributed by atoms with Crippen LogP contribution in [-0.2, 0) is 14.3 Å². The Bertz CT molecular complexity index is 224. The van der Waals surface area contributed by atoms with Crippen molar-refractivity contribution in [2.45, 2.75) is 33.4 Å². The third-order valence-electron chi connectivity index (χ3n) is 2.16. The monoisotopic (exact) mass is 242 g/mol. The Kier molecular flexibility index (Phi) is 5.78. The van der Waals surface area contributed by atoms with Crippen LogP contribution in [0.25, 0.3) is 0 Å². The van der Waals surface area contributed by atoms with E-state index in [-0.39, 0.29) is 13.2 Å². The van der Waals surface area contributed by atoms with E-state index < -0.39 is 24.2 Å². The molecule has 0 bridgehead atoms. The third kappa shape index (κ3) is 6.66. The van der Waals surface area contributed by atoms with Gasteiger partial charge < -0.3 is 9.47 Å². The predicted molar refractivity (Wildman–Crippen MR) is 51.9 cm³/mol. The molecule has 6 heteroatoms. The number of ether oxygens (including phenoxy) is 2. The normalized spacial score (nSPS) is 12.6. The lowest BCUT2D eigenvalue weighted by Crippen LogP contribution is -2.27. The second kappa shape index (κ2) is 6.08. The van der Waals surface area contributed by atoms with E-state index in [0.29, 0.717) is 6.42 Å². The highest BCUT2D eigenvalue weighted by molar-refractivity contribution is 5.75. The number of carbonyl (C=O) groups excluding carboxylic acids is 1. The van der Waals surface area contributed by atoms with Gasteiger partial charge in [-0.25, -0.2) is 0 Å². The first-order valence-electron chi connectivity index (χ1n) is 5.01. The molecule has 0 heterocycles. The van der Waals surface area contributed by atoms with Gasteiger partial charge in [0.25, 0.3) is 0 Å². The second-order valence-electron chi connectivity index (χ2n) is 4.04. The summed E-state index contributed by atoms with van der Waals surface area (Å²) < 4.78 is 44.0. The second-order valence-corrected chi connectivity index (χ2v) is 4.04. The van der Waals surface area contributed by atoms with E-state index in [1.54, 1.807) is 13.8 Å². The van der Waals surface area contributed by atoms with Crippen LogP contribution in [0.5, 0.6) is 0 Å². The van der Waals surface area contributed by atoms with Gasteiger partial charge in [0.1, 0.15) is 13.2 Å². The maximum atomic E-state index is 11.7. The number of rotatable bonds is 6. The van der Waals surface area contributed by atoms with Crippen LogP contribution in [0.15, 0.2) is 0 Å². The third-order valence-corrected chi connectivity index (χ3v) is 2.16. The van der Waals surface area contributed by atoms with Crippen LogP contribution in [-0.4, -0.2) is 32.0 Å². The predicted octanol–water partition coefficient (Wildman–Crippen LogP) is 2.54. The van der Waals surface area contributed by atoms with Gasteiger partial charge in [-0.1, -0.05) is 6.92 Å². The summed E-state index contributed by atoms with van der Waals surface area (Å²) in [5.41, 5.74) is -0.607. The van der Waals surface area contributed by atoms with Crippen molar-refractivity contribution in [3.63, 3.8) is 0 Å². The molecule has 0 rings (SSSR count). The first-order chi connectivity index (χ1) is 7.19. The van der Waals surface area contributed by atoms with Crippen molar-refractivity contribution in [2.75, 3.05) is 19.8 Å². The first-order valence-corrected chi connectivity index (χ1v) is 5.01. The Morgan fingerprint density at radius 3 is 2.19 bits per heavy atom. The number of esters is 1. The summed E-state index contributed by atoms with van der Waals surface area (Å²) >= 11 is 0. The van der Waals surface area contributed by atoms with Crippen molar-refractivity contribution in [3.05, 3.63) is 0 Å². The highest BCUT2D eigenvalue weighted by Crippen LogP contribution is 2.21. The first kappa shape index (κ1) is 15.2. The number of carbonyl (C=O) groups is 1. The minimum absolute atomic E-state index is 0.154. The van der Waals surface area contributed by atoms with E-state index in [0.717, 1.165) is 0 Å². The molecule has 0 aliphatic heterocycles. The molecule has 0 N–H and O–H groups in total. The molecule has 0 aromatic heterocycles. The topological polar surface area (TPSA) is 35.5 Å². The summed E-state index contributed by atoms with van der Waals surface area (Å²) in [6.45, 7) is 3.55. The molecule has 0 atom stereocenters. The number of alkyl halides is 3. The number of hydrogen-bond donors (Lipinski definition) is 0. The van der Waals surface area contributed by atoms with Gasteiger partial charge in [-0.15, -0.1) is 0 Å². The van der Waals surface area contributed by atoms with Crippen LogP contribution < -0.4 is 0 Å². The van der Waals surface area contributed by atoms with Crippen LogP contribution in [0.1, 0.15) is 27.2 Å². The zero-order valence-electron chi connectivity index (χ0n) is 9.69. The quantitative estimate of drug-likeness (QED) is 0.530. The van der Waals surface area contributed by atoms with Crippen molar-refractivity contribution in [1.29, 1.82) is 0 Å². The van der Waals surface area contributed by atoms with Crippen LogP contribution in [0.2, 0.25) is 0 Å². The molecule has 0 aliphatic rings. The fourth-order valence-corrected chi connectivity index (χ4v) is 0.721. The van der Waals surface area contributed by atoms with Crippen molar-refractivity contribution >= 4 is 5.97 Å². The molecular formula is C10H17F3O3. The molecular weight excluding hydrogens is 225 g/mol. The van der Waals surface area contributed by atoms with Gasteiger partial charge in [-0.3, -0.25) is 4.79 Å². The van der Waals surface area contributed by atoms with Gasteiger partial charge >= 0.3 is 12.1 Å². The molecule has 0 spiro atoms. The van der Waals surface area contributed by atoms with Gasteiger partial charge in [-0.05, 0) is 20.3 Å². The Balaban J connectivity index is 3.64. The van der Waals surface area contributed by atoms with E-state index in [9.17, 15) is 18.0 Å². The van der Waals surface area contributed by atoms with Crippen LogP contribution in [0.4, 0.5) is 13.2 Å². The van der Waals surface area contributed by atoms with E-state index in [2.05, 4.69) is 4.74 Å². The zero-order valence-corrected chi connectivity index (χ0v) is 9.69. The Labute approximate surface area is 92.9 Å². The maximum absolute atomic E-state index is 11.7. The van der Waals surface area contributed by atoms with E-state index in [1.807, 2.05) is 6.92 Å². The van der Waals surface area contributed by atoms with Gasteiger partial charge in [0, 0.05) is 0 Å². The van der Waals surface area contributed by atoms with Gasteiger partial charge in [0.2, 0.25) is 0 Å². The highest BCUT2D eigenvalue weighted by atomic mass is 19.4. The number of halogens is 3. The van der Waals surface area contributed by atoms with Crippen molar-refractivity contribution in [3.8, 4) is 0 Å². The molecule has 16 heavy (non-hydrogen) atoms. The Morgan fingerprint density at radius 2 is 1.75 bits per heavy atom. The average Bonchev–Trinajstić information content (AvgIpc) is 2.15. The van der Waals surface area contributed by atoms with Gasteiger partial charge in [-0.2, -0.15) is 13.2 Å². The Morgan fingerprint density at radius 1 is 1.19 bits per heavy atom. The van der Waals surface area contributed by atoms with Crippen LogP contribution in [0.3, 0.4) is 0 Å². The SMILES string of the molecule is CCC(C)(C)C(=O)OCCOCC(F)(F)F. The summed E-state index contributed by atoms with van der Waals surface area (Å²) in [5, 5.41) is 0. The molecule has 96 valence electrons. The minimum Gasteiger partial charge on any atom is -0.463 e. The van der Waals surface area contributed by atoms with E-state index in [4.69, 9.17) is 4.74 Å². The highest BCUT2D eigenvalue weighted by Gasteiger charge is 2.28. The maximum Gasteiger partial charge on any atom is 0.411 e. The lowest BCUT2D eigenvalue weighted by atomic mass is 9.91. The van der Waals surface area contributed by atoms with Crippen molar-refractivity contribution < 1.29 is 27.4 Å². The molecule has 0 unspecified atom stereocenters. The number of hydrogen-bond acceptors (Lipinski definition) is 3. The van der Waals surface area contributed by atoms with Crippen LogP contribution >= 0.6 is 0 Å². The summed E-state index contributed by atoms with van der Waals surface area (Å²) in [5.74, 6) is -0.425. The Hall–Kier alpha value is -0.780. The standard InChI is InChI=1S/C10H17F3O3/c1-4-9(2,3)8(14)16-6-5-15-7-10(11,12)13/h4-7H2,1-3H3. The fourth-order valence-electron chi connectivity index (χ4n) is 0.721. The molecule has 0 amide bonds. The molecule has 0 aromatic carbocycles. The van der Waals surface area contributed by atoms with E-state index >= 15 is 0 Å². The summed E-state index contributed by atoms with van der Waals surface area (Å²) in [6.07, 6.45) is -3.73. The molecule has 0 aliphatic carbocycles. The summed E-state index contributed by atoms with van der Waals surface area (Å²) in [4.78, 5) is 11.4. The van der Waals surface area contributed by atoms with Gasteiger partial charge in [0.05, 0.1) is 12.0 Å².